The highest BCUT2D eigenvalue weighted by Crippen LogP contribution is 2.14. The van der Waals surface area contributed by atoms with Gasteiger partial charge in [0.2, 0.25) is 0 Å². The normalized spacial score (nSPS) is 21.1. The summed E-state index contributed by atoms with van der Waals surface area (Å²) < 4.78 is 10.9. The predicted octanol–water partition coefficient (Wildman–Crippen LogP) is 0.606. The van der Waals surface area contributed by atoms with Crippen LogP contribution in [0.1, 0.15) is 12.0 Å². The molecular formula is C15H24N2O3. The minimum Gasteiger partial charge on any atom is -0.491 e. The van der Waals surface area contributed by atoms with Gasteiger partial charge in [-0.3, -0.25) is 4.90 Å². The van der Waals surface area contributed by atoms with Gasteiger partial charge in [-0.15, -0.1) is 0 Å². The second-order valence-electron chi connectivity index (χ2n) is 5.22. The third-order valence-corrected chi connectivity index (χ3v) is 3.63. The van der Waals surface area contributed by atoms with Gasteiger partial charge in [-0.05, 0) is 24.1 Å². The van der Waals surface area contributed by atoms with Crippen molar-refractivity contribution >= 4 is 0 Å². The molecule has 2 atom stereocenters. The molecule has 0 radical (unpaired) electrons. The standard InChI is InChI=1S/C15H24N2O3/c1-19-15-6-7-17(10-15)9-13(18)11-20-14-4-2-12(8-16)3-5-14/h2-5,13,15,18H,6-11,16H2,1H3. The molecule has 0 aliphatic carbocycles. The molecule has 0 amide bonds. The number of β-amino-alcohol motifs (C(OH)–C–C–N with tert-alkyl or cyclic N) is 1. The first kappa shape index (κ1) is 15.3. The lowest BCUT2D eigenvalue weighted by atomic mass is 10.2. The largest absolute Gasteiger partial charge is 0.491 e. The molecule has 1 saturated heterocycles. The van der Waals surface area contributed by atoms with E-state index in [2.05, 4.69) is 4.90 Å². The Morgan fingerprint density at radius 3 is 2.75 bits per heavy atom. The maximum atomic E-state index is 10.0. The molecule has 5 heteroatoms. The lowest BCUT2D eigenvalue weighted by molar-refractivity contribution is 0.0642. The second kappa shape index (κ2) is 7.59. The summed E-state index contributed by atoms with van der Waals surface area (Å²) in [5.41, 5.74) is 6.61. The highest BCUT2D eigenvalue weighted by molar-refractivity contribution is 5.27. The quantitative estimate of drug-likeness (QED) is 0.766. The molecule has 2 rings (SSSR count). The van der Waals surface area contributed by atoms with E-state index < -0.39 is 6.10 Å². The molecule has 1 aliphatic heterocycles. The summed E-state index contributed by atoms with van der Waals surface area (Å²) in [6, 6.07) is 7.63. The summed E-state index contributed by atoms with van der Waals surface area (Å²) in [5, 5.41) is 10.0. The van der Waals surface area contributed by atoms with Crippen LogP contribution in [-0.4, -0.2) is 55.6 Å². The topological polar surface area (TPSA) is 68.0 Å². The van der Waals surface area contributed by atoms with Crippen molar-refractivity contribution in [3.63, 3.8) is 0 Å². The number of methoxy groups -OCH3 is 1. The molecule has 3 N–H and O–H groups in total. The average molecular weight is 280 g/mol. The molecular weight excluding hydrogens is 256 g/mol. The van der Waals surface area contributed by atoms with Gasteiger partial charge >= 0.3 is 0 Å². The maximum absolute atomic E-state index is 10.0. The van der Waals surface area contributed by atoms with Gasteiger partial charge in [0.1, 0.15) is 18.5 Å². The number of aliphatic hydroxyl groups is 1. The van der Waals surface area contributed by atoms with Crippen LogP contribution in [0.4, 0.5) is 0 Å². The number of benzene rings is 1. The Morgan fingerprint density at radius 1 is 1.40 bits per heavy atom. The summed E-state index contributed by atoms with van der Waals surface area (Å²) >= 11 is 0. The molecule has 0 aromatic heterocycles. The van der Waals surface area contributed by atoms with E-state index in [0.717, 1.165) is 30.8 Å². The Morgan fingerprint density at radius 2 is 2.15 bits per heavy atom. The summed E-state index contributed by atoms with van der Waals surface area (Å²) in [6.07, 6.45) is 0.844. The number of nitrogens with zero attached hydrogens (tertiary/aromatic N) is 1. The van der Waals surface area contributed by atoms with E-state index in [1.54, 1.807) is 7.11 Å². The van der Waals surface area contributed by atoms with Crippen molar-refractivity contribution < 1.29 is 14.6 Å². The SMILES string of the molecule is COC1CCN(CC(O)COc2ccc(CN)cc2)C1. The first-order chi connectivity index (χ1) is 9.71. The Bertz CT molecular complexity index is 397. The number of rotatable bonds is 7. The molecule has 0 saturated carbocycles. The smallest absolute Gasteiger partial charge is 0.119 e. The molecule has 1 aromatic rings. The first-order valence-corrected chi connectivity index (χ1v) is 7.06. The van der Waals surface area contributed by atoms with Gasteiger partial charge in [0.05, 0.1) is 6.10 Å². The van der Waals surface area contributed by atoms with Crippen molar-refractivity contribution in [1.29, 1.82) is 0 Å². The van der Waals surface area contributed by atoms with Crippen molar-refractivity contribution in [2.24, 2.45) is 5.73 Å². The van der Waals surface area contributed by atoms with Crippen molar-refractivity contribution in [2.75, 3.05) is 33.4 Å². The van der Waals surface area contributed by atoms with E-state index in [1.807, 2.05) is 24.3 Å². The third kappa shape index (κ3) is 4.45. The fourth-order valence-electron chi connectivity index (χ4n) is 2.42. The number of hydrogen-bond acceptors (Lipinski definition) is 5. The van der Waals surface area contributed by atoms with Crippen LogP contribution in [0.5, 0.6) is 5.75 Å². The lowest BCUT2D eigenvalue weighted by Gasteiger charge is -2.20. The van der Waals surface area contributed by atoms with Crippen LogP contribution in [0.25, 0.3) is 0 Å². The highest BCUT2D eigenvalue weighted by atomic mass is 16.5. The minimum atomic E-state index is -0.486. The van der Waals surface area contributed by atoms with Crippen molar-refractivity contribution in [3.05, 3.63) is 29.8 Å². The minimum absolute atomic E-state index is 0.298. The highest BCUT2D eigenvalue weighted by Gasteiger charge is 2.23. The van der Waals surface area contributed by atoms with Crippen LogP contribution in [0.3, 0.4) is 0 Å². The zero-order valence-electron chi connectivity index (χ0n) is 12.0. The molecule has 2 unspecified atom stereocenters. The van der Waals surface area contributed by atoms with Gasteiger partial charge in [-0.1, -0.05) is 12.1 Å². The monoisotopic (exact) mass is 280 g/mol. The molecule has 1 aromatic carbocycles. The van der Waals surface area contributed by atoms with E-state index in [1.165, 1.54) is 0 Å². The number of ether oxygens (including phenoxy) is 2. The maximum Gasteiger partial charge on any atom is 0.119 e. The van der Waals surface area contributed by atoms with Crippen LogP contribution >= 0.6 is 0 Å². The first-order valence-electron chi connectivity index (χ1n) is 7.06. The zero-order valence-corrected chi connectivity index (χ0v) is 12.0. The van der Waals surface area contributed by atoms with Gasteiger partial charge in [-0.2, -0.15) is 0 Å². The number of nitrogens with two attached hydrogens (primary N) is 1. The summed E-state index contributed by atoms with van der Waals surface area (Å²) in [6.45, 7) is 3.31. The number of likely N-dealkylation sites (tertiary alicyclic amines) is 1. The van der Waals surface area contributed by atoms with Crippen LogP contribution < -0.4 is 10.5 Å². The van der Waals surface area contributed by atoms with Gasteiger partial charge < -0.3 is 20.3 Å². The summed E-state index contributed by atoms with van der Waals surface area (Å²) in [5.74, 6) is 0.762. The molecule has 1 heterocycles. The Balaban J connectivity index is 1.70. The van der Waals surface area contributed by atoms with Crippen LogP contribution in [0.2, 0.25) is 0 Å². The predicted molar refractivity (Wildman–Crippen MR) is 77.7 cm³/mol. The molecule has 112 valence electrons. The molecule has 0 bridgehead atoms. The average Bonchev–Trinajstić information content (AvgIpc) is 2.93. The molecule has 20 heavy (non-hydrogen) atoms. The second-order valence-corrected chi connectivity index (χ2v) is 5.22. The van der Waals surface area contributed by atoms with E-state index in [4.69, 9.17) is 15.2 Å². The van der Waals surface area contributed by atoms with Crippen LogP contribution in [-0.2, 0) is 11.3 Å². The number of hydrogen-bond donors (Lipinski definition) is 2. The summed E-state index contributed by atoms with van der Waals surface area (Å²) in [4.78, 5) is 2.21. The molecule has 1 fully saturated rings. The van der Waals surface area contributed by atoms with Gasteiger partial charge in [-0.25, -0.2) is 0 Å². The van der Waals surface area contributed by atoms with Crippen LogP contribution in [0, 0.1) is 0 Å². The lowest BCUT2D eigenvalue weighted by Crippen LogP contribution is -2.34. The Labute approximate surface area is 120 Å². The van der Waals surface area contributed by atoms with Crippen molar-refractivity contribution in [3.8, 4) is 5.75 Å². The Hall–Kier alpha value is -1.14. The molecule has 5 nitrogen and oxygen atoms in total. The molecule has 1 aliphatic rings. The fraction of sp³-hybridized carbons (Fsp3) is 0.600. The van der Waals surface area contributed by atoms with E-state index in [9.17, 15) is 5.11 Å². The van der Waals surface area contributed by atoms with E-state index in [-0.39, 0.29) is 0 Å². The van der Waals surface area contributed by atoms with Crippen molar-refractivity contribution in [1.82, 2.24) is 4.90 Å². The Kier molecular flexibility index (Phi) is 5.79. The van der Waals surface area contributed by atoms with Gasteiger partial charge in [0.25, 0.3) is 0 Å². The van der Waals surface area contributed by atoms with E-state index in [0.29, 0.717) is 25.8 Å². The van der Waals surface area contributed by atoms with Crippen LogP contribution in [0.15, 0.2) is 24.3 Å². The van der Waals surface area contributed by atoms with E-state index >= 15 is 0 Å². The van der Waals surface area contributed by atoms with Gasteiger partial charge in [0, 0.05) is 33.3 Å². The molecule has 0 spiro atoms. The third-order valence-electron chi connectivity index (χ3n) is 3.63. The zero-order chi connectivity index (χ0) is 14.4. The fourth-order valence-corrected chi connectivity index (χ4v) is 2.42. The summed E-state index contributed by atoms with van der Waals surface area (Å²) in [7, 11) is 1.73. The number of aliphatic hydroxyl groups excluding tert-OH is 1. The van der Waals surface area contributed by atoms with Crippen molar-refractivity contribution in [2.45, 2.75) is 25.2 Å². The van der Waals surface area contributed by atoms with Gasteiger partial charge in [0.15, 0.2) is 0 Å².